The van der Waals surface area contributed by atoms with Crippen molar-refractivity contribution in [1.29, 1.82) is 0 Å². The van der Waals surface area contributed by atoms with Crippen LogP contribution in [0.15, 0.2) is 0 Å². The summed E-state index contributed by atoms with van der Waals surface area (Å²) >= 11 is 1.53. The van der Waals surface area contributed by atoms with Crippen molar-refractivity contribution in [3.05, 3.63) is 15.6 Å². The molecule has 0 aliphatic rings. The number of methoxy groups -OCH3 is 1. The fourth-order valence-electron chi connectivity index (χ4n) is 1.40. The zero-order valence-corrected chi connectivity index (χ0v) is 10.1. The molecule has 5 heteroatoms. The Hall–Kier alpha value is -0.780. The number of ether oxygens (including phenoxy) is 1. The first-order chi connectivity index (χ1) is 7.04. The van der Waals surface area contributed by atoms with Gasteiger partial charge in [0.2, 0.25) is 0 Å². The minimum atomic E-state index is -0.246. The summed E-state index contributed by atoms with van der Waals surface area (Å²) in [6.45, 7) is 4.19. The summed E-state index contributed by atoms with van der Waals surface area (Å²) in [4.78, 5) is 16.9. The highest BCUT2D eigenvalue weighted by Gasteiger charge is 2.16. The van der Waals surface area contributed by atoms with Crippen LogP contribution in [0.1, 0.15) is 26.8 Å². The number of aromatic nitrogens is 1. The number of nitrogens with zero attached hydrogens (tertiary/aromatic N) is 1. The zero-order valence-electron chi connectivity index (χ0n) is 9.24. The van der Waals surface area contributed by atoms with Gasteiger partial charge < -0.3 is 10.5 Å². The van der Waals surface area contributed by atoms with Crippen molar-refractivity contribution in [1.82, 2.24) is 4.98 Å². The Morgan fingerprint density at radius 3 is 2.73 bits per heavy atom. The molecule has 0 spiro atoms. The van der Waals surface area contributed by atoms with Crippen molar-refractivity contribution in [2.24, 2.45) is 5.73 Å². The number of hydrogen-bond acceptors (Lipinski definition) is 5. The van der Waals surface area contributed by atoms with Gasteiger partial charge in [0.1, 0.15) is 5.69 Å². The lowest BCUT2D eigenvalue weighted by atomic mass is 10.1. The number of carbonyl (C=O) groups is 1. The third kappa shape index (κ3) is 3.37. The van der Waals surface area contributed by atoms with Gasteiger partial charge in [-0.3, -0.25) is 4.79 Å². The van der Waals surface area contributed by atoms with Crippen molar-refractivity contribution in [2.75, 3.05) is 13.7 Å². The van der Waals surface area contributed by atoms with Gasteiger partial charge in [-0.1, -0.05) is 0 Å². The lowest BCUT2D eigenvalue weighted by Gasteiger charge is -2.08. The predicted molar refractivity (Wildman–Crippen MR) is 60.4 cm³/mol. The quantitative estimate of drug-likeness (QED) is 0.772. The Morgan fingerprint density at radius 2 is 2.27 bits per heavy atom. The number of thiazole rings is 1. The molecule has 0 fully saturated rings. The van der Waals surface area contributed by atoms with Crippen LogP contribution >= 0.6 is 11.3 Å². The Balaban J connectivity index is 2.65. The highest BCUT2D eigenvalue weighted by molar-refractivity contribution is 7.11. The molecule has 0 aliphatic heterocycles. The molecule has 1 unspecified atom stereocenters. The molecule has 0 bridgehead atoms. The van der Waals surface area contributed by atoms with Crippen LogP contribution in [0.2, 0.25) is 0 Å². The summed E-state index contributed by atoms with van der Waals surface area (Å²) in [7, 11) is 1.57. The van der Waals surface area contributed by atoms with E-state index in [1.165, 1.54) is 11.3 Å². The highest BCUT2D eigenvalue weighted by Crippen LogP contribution is 2.18. The smallest absolute Gasteiger partial charge is 0.183 e. The molecule has 84 valence electrons. The Morgan fingerprint density at radius 1 is 1.60 bits per heavy atom. The van der Waals surface area contributed by atoms with Crippen LogP contribution in [0.4, 0.5) is 0 Å². The number of Topliss-reactive ketones (excluding diaryl/α,β-unsaturated/α-hetero) is 1. The summed E-state index contributed by atoms with van der Waals surface area (Å²) in [6, 6.07) is -0.246. The van der Waals surface area contributed by atoms with E-state index in [0.29, 0.717) is 12.3 Å². The molecule has 0 saturated heterocycles. The minimum absolute atomic E-state index is 0.00130. The van der Waals surface area contributed by atoms with E-state index in [-0.39, 0.29) is 18.2 Å². The van der Waals surface area contributed by atoms with Gasteiger partial charge in [0.25, 0.3) is 0 Å². The second-order valence-corrected chi connectivity index (χ2v) is 4.89. The van der Waals surface area contributed by atoms with Crippen molar-refractivity contribution in [2.45, 2.75) is 26.3 Å². The van der Waals surface area contributed by atoms with E-state index in [4.69, 9.17) is 10.5 Å². The van der Waals surface area contributed by atoms with Gasteiger partial charge in [0, 0.05) is 24.4 Å². The highest BCUT2D eigenvalue weighted by atomic mass is 32.1. The van der Waals surface area contributed by atoms with Gasteiger partial charge in [-0.2, -0.15) is 0 Å². The van der Waals surface area contributed by atoms with Crippen LogP contribution in [0.5, 0.6) is 0 Å². The number of rotatable bonds is 5. The standard InChI is InChI=1S/C10H16N2O2S/c1-6-10(12-7(2)15-6)9(13)4-8(11)5-14-3/h8H,4-5,11H2,1-3H3. The second kappa shape index (κ2) is 5.34. The zero-order chi connectivity index (χ0) is 11.4. The molecule has 2 N–H and O–H groups in total. The lowest BCUT2D eigenvalue weighted by molar-refractivity contribution is 0.0944. The first-order valence-corrected chi connectivity index (χ1v) is 5.58. The molecular formula is C10H16N2O2S. The van der Waals surface area contributed by atoms with E-state index < -0.39 is 0 Å². The third-order valence-corrected chi connectivity index (χ3v) is 2.88. The van der Waals surface area contributed by atoms with Crippen molar-refractivity contribution >= 4 is 17.1 Å². The number of aryl methyl sites for hydroxylation is 2. The van der Waals surface area contributed by atoms with Crippen LogP contribution in [0.25, 0.3) is 0 Å². The predicted octanol–water partition coefficient (Wildman–Crippen LogP) is 1.31. The maximum atomic E-state index is 11.8. The molecule has 4 nitrogen and oxygen atoms in total. The first kappa shape index (κ1) is 12.3. The number of hydrogen-bond donors (Lipinski definition) is 1. The Kier molecular flexibility index (Phi) is 4.38. The summed E-state index contributed by atoms with van der Waals surface area (Å²) in [5, 5.41) is 0.913. The summed E-state index contributed by atoms with van der Waals surface area (Å²) in [5.41, 5.74) is 6.27. The molecular weight excluding hydrogens is 212 g/mol. The Labute approximate surface area is 93.5 Å². The largest absolute Gasteiger partial charge is 0.383 e. The molecule has 1 rings (SSSR count). The summed E-state index contributed by atoms with van der Waals surface area (Å²) in [6.07, 6.45) is 0.290. The average molecular weight is 228 g/mol. The van der Waals surface area contributed by atoms with E-state index in [2.05, 4.69) is 4.98 Å². The SMILES string of the molecule is COCC(N)CC(=O)c1nc(C)sc1C. The third-order valence-electron chi connectivity index (χ3n) is 2.00. The van der Waals surface area contributed by atoms with Crippen molar-refractivity contribution in [3.8, 4) is 0 Å². The van der Waals surface area contributed by atoms with E-state index in [0.717, 1.165) is 9.88 Å². The Bertz CT molecular complexity index is 349. The molecule has 0 saturated carbocycles. The van der Waals surface area contributed by atoms with Crippen molar-refractivity contribution in [3.63, 3.8) is 0 Å². The van der Waals surface area contributed by atoms with E-state index >= 15 is 0 Å². The topological polar surface area (TPSA) is 65.2 Å². The normalized spacial score (nSPS) is 12.8. The van der Waals surface area contributed by atoms with Gasteiger partial charge in [0.05, 0.1) is 11.6 Å². The molecule has 1 heterocycles. The fraction of sp³-hybridized carbons (Fsp3) is 0.600. The van der Waals surface area contributed by atoms with Gasteiger partial charge in [-0.15, -0.1) is 11.3 Å². The average Bonchev–Trinajstić information content (AvgIpc) is 2.45. The molecule has 0 aliphatic carbocycles. The number of carbonyl (C=O) groups excluding carboxylic acids is 1. The monoisotopic (exact) mass is 228 g/mol. The molecule has 1 atom stereocenters. The van der Waals surface area contributed by atoms with Crippen LogP contribution in [-0.2, 0) is 4.74 Å². The number of nitrogens with two attached hydrogens (primary N) is 1. The van der Waals surface area contributed by atoms with Gasteiger partial charge in [-0.25, -0.2) is 4.98 Å². The molecule has 1 aromatic heterocycles. The second-order valence-electron chi connectivity index (χ2n) is 3.48. The van der Waals surface area contributed by atoms with Crippen LogP contribution in [0, 0.1) is 13.8 Å². The molecule has 0 amide bonds. The number of ketones is 1. The van der Waals surface area contributed by atoms with Gasteiger partial charge in [-0.05, 0) is 13.8 Å². The summed E-state index contributed by atoms with van der Waals surface area (Å²) in [5.74, 6) is 0.00130. The molecule has 15 heavy (non-hydrogen) atoms. The van der Waals surface area contributed by atoms with E-state index in [1.807, 2.05) is 13.8 Å². The van der Waals surface area contributed by atoms with E-state index in [9.17, 15) is 4.79 Å². The lowest BCUT2D eigenvalue weighted by Crippen LogP contribution is -2.28. The van der Waals surface area contributed by atoms with Gasteiger partial charge in [0.15, 0.2) is 5.78 Å². The molecule has 0 radical (unpaired) electrons. The van der Waals surface area contributed by atoms with Crippen LogP contribution in [-0.4, -0.2) is 30.5 Å². The maximum absolute atomic E-state index is 11.8. The van der Waals surface area contributed by atoms with Crippen LogP contribution < -0.4 is 5.73 Å². The fourth-order valence-corrected chi connectivity index (χ4v) is 2.23. The van der Waals surface area contributed by atoms with Crippen LogP contribution in [0.3, 0.4) is 0 Å². The maximum Gasteiger partial charge on any atom is 0.183 e. The van der Waals surface area contributed by atoms with Crippen molar-refractivity contribution < 1.29 is 9.53 Å². The minimum Gasteiger partial charge on any atom is -0.383 e. The first-order valence-electron chi connectivity index (χ1n) is 4.76. The molecule has 1 aromatic rings. The van der Waals surface area contributed by atoms with E-state index in [1.54, 1.807) is 7.11 Å². The molecule has 0 aromatic carbocycles. The summed E-state index contributed by atoms with van der Waals surface area (Å²) < 4.78 is 4.88. The van der Waals surface area contributed by atoms with Gasteiger partial charge >= 0.3 is 0 Å².